The second kappa shape index (κ2) is 9.46. The average Bonchev–Trinajstić information content (AvgIpc) is 3.26. The predicted molar refractivity (Wildman–Crippen MR) is 164 cm³/mol. The van der Waals surface area contributed by atoms with Crippen LogP contribution in [-0.2, 0) is 9.98 Å². The van der Waals surface area contributed by atoms with Crippen molar-refractivity contribution in [2.75, 3.05) is 0 Å². The van der Waals surface area contributed by atoms with Gasteiger partial charge in [0.05, 0.1) is 5.56 Å². The van der Waals surface area contributed by atoms with Gasteiger partial charge in [0, 0.05) is 32.4 Å². The highest BCUT2D eigenvalue weighted by molar-refractivity contribution is 7.88. The van der Waals surface area contributed by atoms with Gasteiger partial charge in [-0.25, -0.2) is 0 Å². The Labute approximate surface area is 230 Å². The Hall–Kier alpha value is -4.31. The maximum Gasteiger partial charge on any atom is 0.172 e. The molecular formula is C36H29O2P. The normalized spacial score (nSPS) is 16.3. The number of hydrogen-bond donors (Lipinski definition) is 1. The molecule has 1 heterocycles. The molecular weight excluding hydrogens is 495 g/mol. The van der Waals surface area contributed by atoms with Crippen LogP contribution in [0.4, 0.5) is 0 Å². The molecule has 1 N–H and O–H groups in total. The molecule has 0 fully saturated rings. The van der Waals surface area contributed by atoms with E-state index in [1.165, 1.54) is 5.56 Å². The van der Waals surface area contributed by atoms with Crippen LogP contribution >= 0.6 is 7.14 Å². The number of fused-ring (bicyclic) bond motifs is 2. The number of rotatable bonds is 2. The third kappa shape index (κ3) is 4.30. The Morgan fingerprint density at radius 2 is 1.46 bits per heavy atom. The maximum atomic E-state index is 15.0. The molecule has 190 valence electrons. The Bertz CT molecular complexity index is 1880. The van der Waals surface area contributed by atoms with Crippen molar-refractivity contribution in [2.24, 2.45) is 0 Å². The number of phenols is 1. The lowest BCUT2D eigenvalue weighted by atomic mass is 9.85. The lowest BCUT2D eigenvalue weighted by Crippen LogP contribution is -2.15. The molecule has 0 bridgehead atoms. The Morgan fingerprint density at radius 3 is 2.26 bits per heavy atom. The van der Waals surface area contributed by atoms with Crippen molar-refractivity contribution in [3.63, 3.8) is 0 Å². The highest BCUT2D eigenvalue weighted by Crippen LogP contribution is 2.61. The SMILES string of the molecule is CC(C)(C)c1ccc2c(C#Cc3ccccc3C3=Cc4ccccc4P3(=O)c3ccccc3)c(O)ccc2c1. The van der Waals surface area contributed by atoms with E-state index in [1.807, 2.05) is 97.1 Å². The third-order valence-corrected chi connectivity index (χ3v) is 10.6. The quantitative estimate of drug-likeness (QED) is 0.187. The van der Waals surface area contributed by atoms with Crippen LogP contribution in [-0.4, -0.2) is 5.11 Å². The van der Waals surface area contributed by atoms with Crippen LogP contribution in [0.25, 0.3) is 22.2 Å². The first-order valence-electron chi connectivity index (χ1n) is 13.1. The Morgan fingerprint density at radius 1 is 0.744 bits per heavy atom. The second-order valence-electron chi connectivity index (χ2n) is 11.0. The summed E-state index contributed by atoms with van der Waals surface area (Å²) in [6.07, 6.45) is 2.05. The van der Waals surface area contributed by atoms with E-state index >= 15 is 0 Å². The molecule has 0 saturated carbocycles. The van der Waals surface area contributed by atoms with E-state index < -0.39 is 7.14 Å². The van der Waals surface area contributed by atoms with E-state index in [1.54, 1.807) is 6.07 Å². The number of hydrogen-bond acceptors (Lipinski definition) is 2. The summed E-state index contributed by atoms with van der Waals surface area (Å²) in [5.74, 6) is 6.75. The van der Waals surface area contributed by atoms with Crippen LogP contribution < -0.4 is 10.6 Å². The van der Waals surface area contributed by atoms with Gasteiger partial charge in [-0.1, -0.05) is 130 Å². The van der Waals surface area contributed by atoms with Gasteiger partial charge in [-0.2, -0.15) is 0 Å². The van der Waals surface area contributed by atoms with E-state index in [2.05, 4.69) is 44.7 Å². The van der Waals surface area contributed by atoms with Crippen LogP contribution in [0, 0.1) is 11.8 Å². The van der Waals surface area contributed by atoms with Crippen LogP contribution in [0.3, 0.4) is 0 Å². The molecule has 0 saturated heterocycles. The molecule has 0 aliphatic carbocycles. The van der Waals surface area contributed by atoms with Crippen molar-refractivity contribution in [1.82, 2.24) is 0 Å². The summed E-state index contributed by atoms with van der Waals surface area (Å²) in [6, 6.07) is 35.5. The minimum atomic E-state index is -3.09. The first-order valence-corrected chi connectivity index (χ1v) is 14.8. The van der Waals surface area contributed by atoms with E-state index in [0.717, 1.165) is 43.4 Å². The van der Waals surface area contributed by atoms with Gasteiger partial charge in [-0.3, -0.25) is 0 Å². The molecule has 1 aliphatic heterocycles. The highest BCUT2D eigenvalue weighted by atomic mass is 31.2. The average molecular weight is 525 g/mol. The summed E-state index contributed by atoms with van der Waals surface area (Å²) in [5, 5.41) is 15.2. The van der Waals surface area contributed by atoms with E-state index in [-0.39, 0.29) is 11.2 Å². The van der Waals surface area contributed by atoms with Crippen molar-refractivity contribution in [1.29, 1.82) is 0 Å². The molecule has 39 heavy (non-hydrogen) atoms. The van der Waals surface area contributed by atoms with E-state index in [4.69, 9.17) is 0 Å². The van der Waals surface area contributed by atoms with Gasteiger partial charge in [0.15, 0.2) is 7.14 Å². The van der Waals surface area contributed by atoms with Gasteiger partial charge in [-0.15, -0.1) is 0 Å². The highest BCUT2D eigenvalue weighted by Gasteiger charge is 2.39. The van der Waals surface area contributed by atoms with Gasteiger partial charge in [0.1, 0.15) is 5.75 Å². The topological polar surface area (TPSA) is 37.3 Å². The fourth-order valence-electron chi connectivity index (χ4n) is 5.29. The summed E-state index contributed by atoms with van der Waals surface area (Å²) in [7, 11) is -3.09. The van der Waals surface area contributed by atoms with Gasteiger partial charge < -0.3 is 9.67 Å². The van der Waals surface area contributed by atoms with Crippen LogP contribution in [0.1, 0.15) is 48.6 Å². The maximum absolute atomic E-state index is 15.0. The minimum absolute atomic E-state index is 0.0239. The third-order valence-electron chi connectivity index (χ3n) is 7.42. The standard InChI is InChI=1S/C36H29O2P/c1-36(2,3)28-19-21-30-26(23-28)18-22-33(37)32(30)20-17-25-11-7-9-15-31(25)35-24-27-12-8-10-16-34(27)39(35,38)29-13-5-4-6-14-29/h4-16,18-19,21-24,37H,1-3H3. The second-order valence-corrected chi connectivity index (χ2v) is 13.7. The molecule has 1 atom stereocenters. The molecule has 5 aromatic rings. The van der Waals surface area contributed by atoms with Gasteiger partial charge in [0.25, 0.3) is 0 Å². The molecule has 0 amide bonds. The molecule has 0 aromatic heterocycles. The van der Waals surface area contributed by atoms with Gasteiger partial charge in [0.2, 0.25) is 0 Å². The lowest BCUT2D eigenvalue weighted by Gasteiger charge is -2.20. The summed E-state index contributed by atoms with van der Waals surface area (Å²) in [6.45, 7) is 6.57. The van der Waals surface area contributed by atoms with Gasteiger partial charge >= 0.3 is 0 Å². The van der Waals surface area contributed by atoms with Crippen LogP contribution in [0.2, 0.25) is 0 Å². The number of phenolic OH excluding ortho intramolecular Hbond substituents is 1. The molecule has 3 heteroatoms. The fraction of sp³-hybridized carbons (Fsp3) is 0.111. The zero-order valence-electron chi connectivity index (χ0n) is 22.3. The van der Waals surface area contributed by atoms with E-state index in [0.29, 0.717) is 5.56 Å². The molecule has 1 unspecified atom stereocenters. The van der Waals surface area contributed by atoms with Crippen molar-refractivity contribution in [3.05, 3.63) is 137 Å². The fourth-order valence-corrected chi connectivity index (χ4v) is 8.35. The molecule has 5 aromatic carbocycles. The van der Waals surface area contributed by atoms with Crippen molar-refractivity contribution < 1.29 is 9.67 Å². The summed E-state index contributed by atoms with van der Waals surface area (Å²) in [5.41, 5.74) is 4.45. The van der Waals surface area contributed by atoms with E-state index in [9.17, 15) is 9.67 Å². The van der Waals surface area contributed by atoms with Gasteiger partial charge in [-0.05, 0) is 40.1 Å². The Balaban J connectivity index is 1.50. The lowest BCUT2D eigenvalue weighted by molar-refractivity contribution is 0.474. The number of benzene rings is 5. The molecule has 0 spiro atoms. The summed E-state index contributed by atoms with van der Waals surface area (Å²) in [4.78, 5) is 0. The smallest absolute Gasteiger partial charge is 0.172 e. The van der Waals surface area contributed by atoms with Crippen molar-refractivity contribution in [3.8, 4) is 17.6 Å². The molecule has 6 rings (SSSR count). The first-order chi connectivity index (χ1) is 18.8. The monoisotopic (exact) mass is 524 g/mol. The molecule has 2 nitrogen and oxygen atoms in total. The first kappa shape index (κ1) is 25.0. The molecule has 1 aliphatic rings. The molecule has 0 radical (unpaired) electrons. The zero-order chi connectivity index (χ0) is 27.2. The zero-order valence-corrected chi connectivity index (χ0v) is 23.2. The predicted octanol–water partition coefficient (Wildman–Crippen LogP) is 8.07. The van der Waals surface area contributed by atoms with Crippen LogP contribution in [0.5, 0.6) is 5.75 Å². The summed E-state index contributed by atoms with van der Waals surface area (Å²) >= 11 is 0. The Kier molecular flexibility index (Phi) is 6.06. The number of aromatic hydroxyl groups is 1. The summed E-state index contributed by atoms with van der Waals surface area (Å²) < 4.78 is 15.0. The van der Waals surface area contributed by atoms with Crippen LogP contribution in [0.15, 0.2) is 109 Å². The largest absolute Gasteiger partial charge is 0.507 e. The van der Waals surface area contributed by atoms with Crippen molar-refractivity contribution >= 4 is 39.9 Å². The minimum Gasteiger partial charge on any atom is -0.507 e. The van der Waals surface area contributed by atoms with Crippen molar-refractivity contribution in [2.45, 2.75) is 26.2 Å².